The summed E-state index contributed by atoms with van der Waals surface area (Å²) < 4.78 is 0. The van der Waals surface area contributed by atoms with Crippen LogP contribution < -0.4 is 16.0 Å². The molecule has 1 aliphatic heterocycles. The average Bonchev–Trinajstić information content (AvgIpc) is 2.74. The van der Waals surface area contributed by atoms with Gasteiger partial charge in [-0.1, -0.05) is 36.4 Å². The summed E-state index contributed by atoms with van der Waals surface area (Å²) >= 11 is 0. The van der Waals surface area contributed by atoms with Crippen LogP contribution in [0.15, 0.2) is 42.5 Å². The number of fused-ring (bicyclic) bond motifs is 1. The summed E-state index contributed by atoms with van der Waals surface area (Å²) in [5.41, 5.74) is 10.2. The second-order valence-corrected chi connectivity index (χ2v) is 6.23. The van der Waals surface area contributed by atoms with Crippen molar-refractivity contribution in [2.24, 2.45) is 5.73 Å². The quantitative estimate of drug-likeness (QED) is 0.798. The standard InChI is InChI=1S/C19H21N3O3/c1-12-15-10-21-18(23)16(20)9-14(15)7-8-17(12)22(19(24)25)11-13-5-3-2-4-6-13/h2-8,16H,9-11,20H2,1H3,(H,21,23)(H,24,25). The van der Waals surface area contributed by atoms with Crippen LogP contribution in [-0.4, -0.2) is 23.1 Å². The van der Waals surface area contributed by atoms with Gasteiger partial charge in [-0.3, -0.25) is 9.69 Å². The minimum atomic E-state index is -1.01. The first-order valence-electron chi connectivity index (χ1n) is 8.16. The molecule has 2 aromatic rings. The molecule has 25 heavy (non-hydrogen) atoms. The molecule has 1 heterocycles. The fourth-order valence-electron chi connectivity index (χ4n) is 3.19. The van der Waals surface area contributed by atoms with E-state index in [4.69, 9.17) is 5.73 Å². The first-order chi connectivity index (χ1) is 12.0. The van der Waals surface area contributed by atoms with Gasteiger partial charge >= 0.3 is 6.09 Å². The number of hydrogen-bond donors (Lipinski definition) is 3. The third-order valence-corrected chi connectivity index (χ3v) is 4.59. The number of carbonyl (C=O) groups is 2. The van der Waals surface area contributed by atoms with E-state index in [1.165, 1.54) is 4.90 Å². The maximum atomic E-state index is 11.8. The van der Waals surface area contributed by atoms with Gasteiger partial charge in [0.1, 0.15) is 0 Å². The van der Waals surface area contributed by atoms with Gasteiger partial charge in [0.25, 0.3) is 0 Å². The third kappa shape index (κ3) is 3.49. The van der Waals surface area contributed by atoms with E-state index >= 15 is 0 Å². The van der Waals surface area contributed by atoms with Crippen molar-refractivity contribution in [2.75, 3.05) is 4.90 Å². The maximum Gasteiger partial charge on any atom is 0.412 e. The number of carbonyl (C=O) groups excluding carboxylic acids is 1. The summed E-state index contributed by atoms with van der Waals surface area (Å²) in [5, 5.41) is 12.5. The number of amides is 2. The Kier molecular flexibility index (Phi) is 4.72. The van der Waals surface area contributed by atoms with Gasteiger partial charge in [-0.25, -0.2) is 4.79 Å². The van der Waals surface area contributed by atoms with Crippen LogP contribution in [0.3, 0.4) is 0 Å². The molecule has 6 heteroatoms. The Hall–Kier alpha value is -2.86. The molecule has 2 amide bonds. The number of hydrogen-bond acceptors (Lipinski definition) is 3. The number of nitrogens with one attached hydrogen (secondary N) is 1. The van der Waals surface area contributed by atoms with Crippen molar-refractivity contribution in [3.63, 3.8) is 0 Å². The molecular weight excluding hydrogens is 318 g/mol. The zero-order valence-corrected chi connectivity index (χ0v) is 14.0. The van der Waals surface area contributed by atoms with Gasteiger partial charge in [-0.05, 0) is 41.7 Å². The highest BCUT2D eigenvalue weighted by Gasteiger charge is 2.25. The van der Waals surface area contributed by atoms with Crippen LogP contribution in [0.2, 0.25) is 0 Å². The summed E-state index contributed by atoms with van der Waals surface area (Å²) in [5.74, 6) is -0.184. The van der Waals surface area contributed by atoms with Crippen LogP contribution in [0.25, 0.3) is 0 Å². The van der Waals surface area contributed by atoms with Gasteiger partial charge < -0.3 is 16.2 Å². The molecule has 0 saturated heterocycles. The Morgan fingerprint density at radius 2 is 2.00 bits per heavy atom. The number of anilines is 1. The Morgan fingerprint density at radius 3 is 2.68 bits per heavy atom. The van der Waals surface area contributed by atoms with Gasteiger partial charge in [-0.15, -0.1) is 0 Å². The topological polar surface area (TPSA) is 95.7 Å². The highest BCUT2D eigenvalue weighted by atomic mass is 16.4. The smallest absolute Gasteiger partial charge is 0.412 e. The first kappa shape index (κ1) is 17.0. The lowest BCUT2D eigenvalue weighted by molar-refractivity contribution is -0.122. The summed E-state index contributed by atoms with van der Waals surface area (Å²) in [4.78, 5) is 25.0. The number of carboxylic acid groups (broad SMARTS) is 1. The second kappa shape index (κ2) is 6.94. The number of nitrogens with two attached hydrogens (primary N) is 1. The van der Waals surface area contributed by atoms with Crippen LogP contribution in [0.1, 0.15) is 22.3 Å². The van der Waals surface area contributed by atoms with E-state index in [9.17, 15) is 14.7 Å². The van der Waals surface area contributed by atoms with E-state index in [1.807, 2.05) is 43.3 Å². The molecule has 0 bridgehead atoms. The van der Waals surface area contributed by atoms with Crippen molar-refractivity contribution in [1.82, 2.24) is 5.32 Å². The van der Waals surface area contributed by atoms with E-state index in [0.717, 1.165) is 22.3 Å². The molecule has 3 rings (SSSR count). The molecule has 4 N–H and O–H groups in total. The highest BCUT2D eigenvalue weighted by molar-refractivity contribution is 5.88. The predicted molar refractivity (Wildman–Crippen MR) is 95.4 cm³/mol. The Labute approximate surface area is 146 Å². The summed E-state index contributed by atoms with van der Waals surface area (Å²) in [7, 11) is 0. The van der Waals surface area contributed by atoms with E-state index < -0.39 is 12.1 Å². The molecule has 6 nitrogen and oxygen atoms in total. The van der Waals surface area contributed by atoms with Crippen LogP contribution in [0, 0.1) is 6.92 Å². The predicted octanol–water partition coefficient (Wildman–Crippen LogP) is 2.18. The molecule has 0 spiro atoms. The number of nitrogens with zero attached hydrogens (tertiary/aromatic N) is 1. The summed E-state index contributed by atoms with van der Waals surface area (Å²) in [6.07, 6.45) is -0.560. The average molecular weight is 339 g/mol. The minimum absolute atomic E-state index is 0.184. The highest BCUT2D eigenvalue weighted by Crippen LogP contribution is 2.29. The van der Waals surface area contributed by atoms with E-state index in [1.54, 1.807) is 6.07 Å². The van der Waals surface area contributed by atoms with Crippen molar-refractivity contribution < 1.29 is 14.7 Å². The van der Waals surface area contributed by atoms with Gasteiger partial charge in [0, 0.05) is 6.54 Å². The molecule has 1 atom stereocenters. The molecular formula is C19H21N3O3. The molecule has 0 saturated carbocycles. The van der Waals surface area contributed by atoms with Crippen LogP contribution in [0.5, 0.6) is 0 Å². The van der Waals surface area contributed by atoms with Crippen molar-refractivity contribution in [3.8, 4) is 0 Å². The summed E-state index contributed by atoms with van der Waals surface area (Å²) in [6, 6.07) is 12.6. The maximum absolute atomic E-state index is 11.8. The lowest BCUT2D eigenvalue weighted by Gasteiger charge is -2.24. The molecule has 2 aromatic carbocycles. The first-order valence-corrected chi connectivity index (χ1v) is 8.16. The normalized spacial score (nSPS) is 16.6. The lowest BCUT2D eigenvalue weighted by atomic mass is 9.96. The van der Waals surface area contributed by atoms with Gasteiger partial charge in [0.15, 0.2) is 0 Å². The van der Waals surface area contributed by atoms with E-state index in [0.29, 0.717) is 18.7 Å². The Balaban J connectivity index is 1.98. The van der Waals surface area contributed by atoms with Crippen molar-refractivity contribution in [1.29, 1.82) is 0 Å². The zero-order valence-electron chi connectivity index (χ0n) is 14.0. The molecule has 130 valence electrons. The lowest BCUT2D eigenvalue weighted by Crippen LogP contribution is -2.39. The minimum Gasteiger partial charge on any atom is -0.465 e. The zero-order chi connectivity index (χ0) is 18.0. The summed E-state index contributed by atoms with van der Waals surface area (Å²) in [6.45, 7) is 2.51. The Bertz CT molecular complexity index is 805. The van der Waals surface area contributed by atoms with Gasteiger partial charge in [0.2, 0.25) is 5.91 Å². The monoisotopic (exact) mass is 339 g/mol. The molecule has 0 aliphatic carbocycles. The molecule has 1 aliphatic rings. The van der Waals surface area contributed by atoms with Gasteiger partial charge in [-0.2, -0.15) is 0 Å². The van der Waals surface area contributed by atoms with Crippen molar-refractivity contribution in [3.05, 3.63) is 64.7 Å². The molecule has 0 radical (unpaired) electrons. The fourth-order valence-corrected chi connectivity index (χ4v) is 3.19. The largest absolute Gasteiger partial charge is 0.465 e. The number of rotatable bonds is 3. The van der Waals surface area contributed by atoms with Crippen molar-refractivity contribution in [2.45, 2.75) is 32.5 Å². The third-order valence-electron chi connectivity index (χ3n) is 4.59. The molecule has 1 unspecified atom stereocenters. The van der Waals surface area contributed by atoms with Crippen LogP contribution in [-0.2, 0) is 24.3 Å². The Morgan fingerprint density at radius 1 is 1.28 bits per heavy atom. The van der Waals surface area contributed by atoms with E-state index in [-0.39, 0.29) is 12.5 Å². The van der Waals surface area contributed by atoms with Crippen molar-refractivity contribution >= 4 is 17.7 Å². The molecule has 0 aromatic heterocycles. The van der Waals surface area contributed by atoms with Crippen LogP contribution in [0.4, 0.5) is 10.5 Å². The molecule has 0 fully saturated rings. The van der Waals surface area contributed by atoms with E-state index in [2.05, 4.69) is 5.32 Å². The van der Waals surface area contributed by atoms with Crippen LogP contribution >= 0.6 is 0 Å². The second-order valence-electron chi connectivity index (χ2n) is 6.23. The SMILES string of the molecule is Cc1c(N(Cc2ccccc2)C(=O)O)ccc2c1CNC(=O)C(N)C2. The number of benzene rings is 2. The fraction of sp³-hybridized carbons (Fsp3) is 0.263. The van der Waals surface area contributed by atoms with Gasteiger partial charge in [0.05, 0.1) is 18.3 Å².